The molecule has 0 unspecified atom stereocenters. The van der Waals surface area contributed by atoms with Crippen LogP contribution in [-0.4, -0.2) is 28.0 Å². The Morgan fingerprint density at radius 3 is 2.42 bits per heavy atom. The Balaban J connectivity index is 0.00000121. The van der Waals surface area contributed by atoms with Crippen molar-refractivity contribution in [2.45, 2.75) is 12.8 Å². The molecule has 1 aliphatic rings. The van der Waals surface area contributed by atoms with Gasteiger partial charge < -0.3 is 10.2 Å². The maximum atomic E-state index is 5.95. The second kappa shape index (κ2) is 9.37. The largest absolute Gasteiger partial charge is 0.370 e. The van der Waals surface area contributed by atoms with Crippen molar-refractivity contribution in [1.82, 2.24) is 15.0 Å². The Hall–Kier alpha value is -1.60. The number of nitrogens with zero attached hydrogens (tertiary/aromatic N) is 4. The van der Waals surface area contributed by atoms with E-state index in [0.29, 0.717) is 4.34 Å². The fourth-order valence-corrected chi connectivity index (χ4v) is 3.63. The third-order valence-corrected chi connectivity index (χ3v) is 5.06. The van der Waals surface area contributed by atoms with Gasteiger partial charge in [-0.25, -0.2) is 15.0 Å². The number of pyridine rings is 2. The van der Waals surface area contributed by atoms with Crippen LogP contribution in [0.15, 0.2) is 42.7 Å². The van der Waals surface area contributed by atoms with Gasteiger partial charge in [-0.1, -0.05) is 17.7 Å². The normalized spacial score (nSPS) is 13.0. The fourth-order valence-electron chi connectivity index (χ4n) is 2.75. The van der Waals surface area contributed by atoms with Gasteiger partial charge in [0, 0.05) is 13.1 Å². The van der Waals surface area contributed by atoms with Crippen LogP contribution in [0, 0.1) is 0 Å². The number of rotatable bonds is 4. The van der Waals surface area contributed by atoms with Crippen molar-refractivity contribution in [3.05, 3.63) is 47.1 Å². The minimum absolute atomic E-state index is 0. The first kappa shape index (κ1) is 20.7. The molecule has 26 heavy (non-hydrogen) atoms. The average Bonchev–Trinajstić information content (AvgIpc) is 3.28. The summed E-state index contributed by atoms with van der Waals surface area (Å²) in [7, 11) is 0. The quantitative estimate of drug-likeness (QED) is 0.597. The van der Waals surface area contributed by atoms with Crippen molar-refractivity contribution in [1.29, 1.82) is 0 Å². The van der Waals surface area contributed by atoms with E-state index in [1.54, 1.807) is 6.20 Å². The Labute approximate surface area is 173 Å². The van der Waals surface area contributed by atoms with Crippen LogP contribution in [0.5, 0.6) is 0 Å². The molecule has 4 heterocycles. The van der Waals surface area contributed by atoms with Gasteiger partial charge in [0.2, 0.25) is 0 Å². The van der Waals surface area contributed by atoms with E-state index in [1.807, 2.05) is 30.5 Å². The molecule has 3 aromatic heterocycles. The van der Waals surface area contributed by atoms with Gasteiger partial charge in [-0.3, -0.25) is 0 Å². The first-order valence-electron chi connectivity index (χ1n) is 7.85. The fraction of sp³-hybridized carbons (Fsp3) is 0.235. The first-order valence-corrected chi connectivity index (χ1v) is 9.04. The molecular weight excluding hydrogens is 413 g/mol. The molecular formula is C17H18Cl3N5S. The molecule has 9 heteroatoms. The predicted octanol–water partition coefficient (Wildman–Crippen LogP) is 5.44. The summed E-state index contributed by atoms with van der Waals surface area (Å²) < 4.78 is 0.657. The van der Waals surface area contributed by atoms with Gasteiger partial charge >= 0.3 is 0 Å². The Bertz CT molecular complexity index is 834. The van der Waals surface area contributed by atoms with Crippen LogP contribution in [-0.2, 0) is 0 Å². The molecule has 1 aliphatic heterocycles. The number of hydrogen-bond donors (Lipinski definition) is 1. The van der Waals surface area contributed by atoms with Gasteiger partial charge in [-0.2, -0.15) is 0 Å². The van der Waals surface area contributed by atoms with Crippen LogP contribution in [0.25, 0.3) is 10.7 Å². The number of thiazole rings is 1. The van der Waals surface area contributed by atoms with Crippen molar-refractivity contribution in [2.24, 2.45) is 0 Å². The molecule has 1 fully saturated rings. The highest BCUT2D eigenvalue weighted by molar-refractivity contribution is 7.18. The van der Waals surface area contributed by atoms with Gasteiger partial charge in [0.25, 0.3) is 0 Å². The van der Waals surface area contributed by atoms with Crippen LogP contribution >= 0.6 is 47.8 Å². The van der Waals surface area contributed by atoms with E-state index in [0.717, 1.165) is 35.4 Å². The number of nitrogens with one attached hydrogen (secondary N) is 1. The van der Waals surface area contributed by atoms with Crippen LogP contribution in [0.4, 0.5) is 17.3 Å². The highest BCUT2D eigenvalue weighted by Crippen LogP contribution is 2.28. The summed E-state index contributed by atoms with van der Waals surface area (Å²) in [6.45, 7) is 2.24. The summed E-state index contributed by atoms with van der Waals surface area (Å²) in [5.74, 6) is 1.51. The predicted molar refractivity (Wildman–Crippen MR) is 114 cm³/mol. The van der Waals surface area contributed by atoms with Crippen molar-refractivity contribution in [2.75, 3.05) is 23.3 Å². The lowest BCUT2D eigenvalue weighted by atomic mass is 10.3. The minimum atomic E-state index is 0. The highest BCUT2D eigenvalue weighted by atomic mass is 35.5. The minimum Gasteiger partial charge on any atom is -0.370 e. The molecule has 0 saturated carbocycles. The maximum absolute atomic E-state index is 5.95. The molecule has 0 spiro atoms. The van der Waals surface area contributed by atoms with Crippen molar-refractivity contribution < 1.29 is 0 Å². The summed E-state index contributed by atoms with van der Waals surface area (Å²) in [5.41, 5.74) is 1.97. The second-order valence-electron chi connectivity index (χ2n) is 5.60. The monoisotopic (exact) mass is 429 g/mol. The molecule has 4 rings (SSSR count). The Morgan fingerprint density at radius 1 is 0.962 bits per heavy atom. The van der Waals surface area contributed by atoms with Gasteiger partial charge in [-0.15, -0.1) is 36.2 Å². The number of aromatic nitrogens is 3. The summed E-state index contributed by atoms with van der Waals surface area (Å²) in [6.07, 6.45) is 6.08. The van der Waals surface area contributed by atoms with E-state index in [-0.39, 0.29) is 24.8 Å². The van der Waals surface area contributed by atoms with Crippen LogP contribution in [0.1, 0.15) is 12.8 Å². The Kier molecular flexibility index (Phi) is 7.46. The standard InChI is InChI=1S/C17H16ClN5S.2ClH/c18-14-11-20-17(24-14)13-4-3-5-16(21-13)22-15-7-6-12(10-19-15)23-8-1-2-9-23;;/h3-7,10-11H,1-2,8-9H2,(H,19,21,22);2*1H. The molecule has 0 radical (unpaired) electrons. The van der Waals surface area contributed by atoms with Crippen LogP contribution < -0.4 is 10.2 Å². The molecule has 5 nitrogen and oxygen atoms in total. The van der Waals surface area contributed by atoms with Crippen molar-refractivity contribution >= 4 is 65.1 Å². The molecule has 0 bridgehead atoms. The maximum Gasteiger partial charge on any atom is 0.143 e. The van der Waals surface area contributed by atoms with Crippen molar-refractivity contribution in [3.8, 4) is 10.7 Å². The van der Waals surface area contributed by atoms with E-state index in [9.17, 15) is 0 Å². The number of hydrogen-bond acceptors (Lipinski definition) is 6. The lowest BCUT2D eigenvalue weighted by Crippen LogP contribution is -2.17. The zero-order valence-electron chi connectivity index (χ0n) is 13.8. The number of anilines is 3. The summed E-state index contributed by atoms with van der Waals surface area (Å²) in [4.78, 5) is 15.7. The van der Waals surface area contributed by atoms with Gasteiger partial charge in [0.15, 0.2) is 0 Å². The molecule has 0 aliphatic carbocycles. The SMILES string of the molecule is Cl.Cl.Clc1cnc(-c2cccc(Nc3ccc(N4CCCC4)cn3)n2)s1. The van der Waals surface area contributed by atoms with E-state index >= 15 is 0 Å². The summed E-state index contributed by atoms with van der Waals surface area (Å²) >= 11 is 7.36. The van der Waals surface area contributed by atoms with Crippen LogP contribution in [0.3, 0.4) is 0 Å². The summed E-state index contributed by atoms with van der Waals surface area (Å²) in [6, 6.07) is 9.87. The van der Waals surface area contributed by atoms with E-state index in [2.05, 4.69) is 31.2 Å². The molecule has 1 saturated heterocycles. The third-order valence-electron chi connectivity index (χ3n) is 3.92. The molecule has 138 valence electrons. The van der Waals surface area contributed by atoms with E-state index in [1.165, 1.54) is 29.9 Å². The molecule has 0 atom stereocenters. The topological polar surface area (TPSA) is 53.9 Å². The van der Waals surface area contributed by atoms with Gasteiger partial charge in [0.1, 0.15) is 26.7 Å². The molecule has 0 amide bonds. The van der Waals surface area contributed by atoms with Gasteiger partial charge in [0.05, 0.1) is 18.1 Å². The third kappa shape index (κ3) is 4.76. The van der Waals surface area contributed by atoms with E-state index in [4.69, 9.17) is 11.6 Å². The van der Waals surface area contributed by atoms with Gasteiger partial charge in [-0.05, 0) is 37.1 Å². The van der Waals surface area contributed by atoms with Crippen molar-refractivity contribution in [3.63, 3.8) is 0 Å². The number of halogens is 3. The summed E-state index contributed by atoms with van der Waals surface area (Å²) in [5, 5.41) is 4.05. The smallest absolute Gasteiger partial charge is 0.143 e. The highest BCUT2D eigenvalue weighted by Gasteiger charge is 2.12. The Morgan fingerprint density at radius 2 is 1.77 bits per heavy atom. The zero-order valence-corrected chi connectivity index (χ0v) is 17.0. The lowest BCUT2D eigenvalue weighted by molar-refractivity contribution is 0.949. The molecule has 0 aromatic carbocycles. The lowest BCUT2D eigenvalue weighted by Gasteiger charge is -2.17. The average molecular weight is 431 g/mol. The zero-order chi connectivity index (χ0) is 16.4. The van der Waals surface area contributed by atoms with Crippen LogP contribution in [0.2, 0.25) is 4.34 Å². The second-order valence-corrected chi connectivity index (χ2v) is 7.26. The first-order chi connectivity index (χ1) is 11.8. The van der Waals surface area contributed by atoms with E-state index < -0.39 is 0 Å². The molecule has 1 N–H and O–H groups in total. The molecule has 3 aromatic rings.